The second-order valence-corrected chi connectivity index (χ2v) is 6.75. The Morgan fingerprint density at radius 2 is 1.41 bits per heavy atom. The van der Waals surface area contributed by atoms with E-state index in [0.29, 0.717) is 0 Å². The molecule has 0 fully saturated rings. The zero-order valence-electron chi connectivity index (χ0n) is 13.6. The van der Waals surface area contributed by atoms with Crippen molar-refractivity contribution in [3.63, 3.8) is 0 Å². The Bertz CT molecular complexity index is 813. The van der Waals surface area contributed by atoms with Gasteiger partial charge in [-0.3, -0.25) is 0 Å². The molecular weight excluding hydrogens is 338 g/mol. The fraction of sp³-hybridized carbons (Fsp3) is 0.278. The van der Waals surface area contributed by atoms with E-state index in [2.05, 4.69) is 85.4 Å². The Morgan fingerprint density at radius 3 is 1.95 bits per heavy atom. The maximum Gasteiger partial charge on any atom is 0.160 e. The number of benzene rings is 1. The van der Waals surface area contributed by atoms with Gasteiger partial charge < -0.3 is 4.57 Å². The van der Waals surface area contributed by atoms with Gasteiger partial charge >= 0.3 is 0 Å². The van der Waals surface area contributed by atoms with Gasteiger partial charge in [-0.25, -0.2) is 4.68 Å². The van der Waals surface area contributed by atoms with Crippen LogP contribution in [0.3, 0.4) is 0 Å². The third-order valence-corrected chi connectivity index (χ3v) is 4.57. The van der Waals surface area contributed by atoms with Crippen LogP contribution in [-0.4, -0.2) is 14.3 Å². The van der Waals surface area contributed by atoms with Crippen molar-refractivity contribution in [1.82, 2.24) is 14.3 Å². The van der Waals surface area contributed by atoms with Gasteiger partial charge in [-0.05, 0) is 73.8 Å². The molecule has 0 N–H and O–H groups in total. The van der Waals surface area contributed by atoms with Gasteiger partial charge in [0.1, 0.15) is 4.60 Å². The molecular formula is C18H20BrN3. The van der Waals surface area contributed by atoms with E-state index >= 15 is 0 Å². The molecule has 2 aromatic heterocycles. The molecule has 0 aliphatic rings. The van der Waals surface area contributed by atoms with Crippen LogP contribution in [0.1, 0.15) is 28.1 Å². The van der Waals surface area contributed by atoms with Crippen molar-refractivity contribution in [2.75, 3.05) is 0 Å². The van der Waals surface area contributed by atoms with Crippen molar-refractivity contribution in [1.29, 1.82) is 0 Å². The third-order valence-electron chi connectivity index (χ3n) is 4.00. The average Bonchev–Trinajstić information content (AvgIpc) is 2.92. The first-order chi connectivity index (χ1) is 10.4. The molecule has 1 aromatic carbocycles. The minimum absolute atomic E-state index is 0.936. The van der Waals surface area contributed by atoms with Crippen molar-refractivity contribution in [3.05, 3.63) is 63.0 Å². The van der Waals surface area contributed by atoms with Crippen molar-refractivity contribution in [2.24, 2.45) is 0 Å². The second-order valence-electron chi connectivity index (χ2n) is 5.94. The highest BCUT2D eigenvalue weighted by atomic mass is 79.9. The van der Waals surface area contributed by atoms with E-state index in [1.165, 1.54) is 28.1 Å². The lowest BCUT2D eigenvalue weighted by atomic mass is 10.1. The van der Waals surface area contributed by atoms with E-state index < -0.39 is 0 Å². The minimum atomic E-state index is 0.936. The molecule has 0 saturated heterocycles. The van der Waals surface area contributed by atoms with Crippen molar-refractivity contribution < 1.29 is 0 Å². The number of aromatic nitrogens is 3. The van der Waals surface area contributed by atoms with E-state index in [-0.39, 0.29) is 0 Å². The van der Waals surface area contributed by atoms with Gasteiger partial charge in [-0.2, -0.15) is 0 Å². The SMILES string of the molecule is Cc1cc(C)c(-n2nc(-n3c(C)ccc3C)cc2Br)c(C)c1. The van der Waals surface area contributed by atoms with Crippen LogP contribution >= 0.6 is 15.9 Å². The molecule has 0 atom stereocenters. The normalized spacial score (nSPS) is 11.2. The van der Waals surface area contributed by atoms with Gasteiger partial charge in [0.05, 0.1) is 5.69 Å². The van der Waals surface area contributed by atoms with Gasteiger partial charge in [0.2, 0.25) is 0 Å². The molecule has 0 amide bonds. The number of rotatable bonds is 2. The van der Waals surface area contributed by atoms with Crippen LogP contribution in [0, 0.1) is 34.6 Å². The first-order valence-electron chi connectivity index (χ1n) is 7.37. The maximum absolute atomic E-state index is 4.83. The Morgan fingerprint density at radius 1 is 0.864 bits per heavy atom. The van der Waals surface area contributed by atoms with Crippen LogP contribution in [0.25, 0.3) is 11.5 Å². The van der Waals surface area contributed by atoms with Crippen LogP contribution in [-0.2, 0) is 0 Å². The highest BCUT2D eigenvalue weighted by molar-refractivity contribution is 9.10. The molecule has 0 spiro atoms. The first-order valence-corrected chi connectivity index (χ1v) is 8.17. The Kier molecular flexibility index (Phi) is 3.73. The summed E-state index contributed by atoms with van der Waals surface area (Å²) in [5.74, 6) is 0.936. The molecule has 2 heterocycles. The summed E-state index contributed by atoms with van der Waals surface area (Å²) in [5.41, 5.74) is 7.26. The molecule has 0 unspecified atom stereocenters. The number of nitrogens with zero attached hydrogens (tertiary/aromatic N) is 3. The first kappa shape index (κ1) is 15.1. The Labute approximate surface area is 139 Å². The summed E-state index contributed by atoms with van der Waals surface area (Å²) in [6.45, 7) is 10.6. The van der Waals surface area contributed by atoms with E-state index in [1.807, 2.05) is 4.68 Å². The van der Waals surface area contributed by atoms with Crippen LogP contribution in [0.4, 0.5) is 0 Å². The maximum atomic E-state index is 4.83. The fourth-order valence-corrected chi connectivity index (χ4v) is 3.61. The van der Waals surface area contributed by atoms with Crippen LogP contribution < -0.4 is 0 Å². The molecule has 0 saturated carbocycles. The standard InChI is InChI=1S/C18H20BrN3/c1-11-8-12(2)18(13(3)9-11)22-16(19)10-17(20-22)21-14(4)6-7-15(21)5/h6-10H,1-5H3. The van der Waals surface area contributed by atoms with Crippen LogP contribution in [0.5, 0.6) is 0 Å². The summed E-state index contributed by atoms with van der Waals surface area (Å²) in [7, 11) is 0. The van der Waals surface area contributed by atoms with Crippen molar-refractivity contribution in [3.8, 4) is 11.5 Å². The van der Waals surface area contributed by atoms with Gasteiger partial charge in [0.25, 0.3) is 0 Å². The lowest BCUT2D eigenvalue weighted by Crippen LogP contribution is -2.05. The van der Waals surface area contributed by atoms with Crippen molar-refractivity contribution >= 4 is 15.9 Å². The molecule has 0 aliphatic carbocycles. The summed E-state index contributed by atoms with van der Waals surface area (Å²) in [6.07, 6.45) is 0. The van der Waals surface area contributed by atoms with Crippen LogP contribution in [0.15, 0.2) is 34.9 Å². The zero-order valence-corrected chi connectivity index (χ0v) is 15.2. The number of halogens is 1. The molecule has 4 heteroatoms. The van der Waals surface area contributed by atoms with E-state index in [4.69, 9.17) is 5.10 Å². The minimum Gasteiger partial charge on any atom is -0.302 e. The molecule has 3 aromatic rings. The summed E-state index contributed by atoms with van der Waals surface area (Å²) in [4.78, 5) is 0. The van der Waals surface area contributed by atoms with E-state index in [1.54, 1.807) is 0 Å². The Balaban J connectivity index is 2.19. The quantitative estimate of drug-likeness (QED) is 0.634. The van der Waals surface area contributed by atoms with Crippen LogP contribution in [0.2, 0.25) is 0 Å². The molecule has 0 bridgehead atoms. The largest absolute Gasteiger partial charge is 0.302 e. The second kappa shape index (κ2) is 5.43. The predicted molar refractivity (Wildman–Crippen MR) is 94.3 cm³/mol. The van der Waals surface area contributed by atoms with E-state index in [9.17, 15) is 0 Å². The summed E-state index contributed by atoms with van der Waals surface area (Å²) < 4.78 is 5.11. The molecule has 114 valence electrons. The summed E-state index contributed by atoms with van der Waals surface area (Å²) in [6, 6.07) is 10.7. The topological polar surface area (TPSA) is 22.8 Å². The Hall–Kier alpha value is -1.81. The molecule has 3 nitrogen and oxygen atoms in total. The number of hydrogen-bond acceptors (Lipinski definition) is 1. The molecule has 22 heavy (non-hydrogen) atoms. The highest BCUT2D eigenvalue weighted by Crippen LogP contribution is 2.27. The van der Waals surface area contributed by atoms with Gasteiger partial charge in [-0.1, -0.05) is 17.7 Å². The monoisotopic (exact) mass is 357 g/mol. The molecule has 0 aliphatic heterocycles. The van der Waals surface area contributed by atoms with Gasteiger partial charge in [0.15, 0.2) is 5.82 Å². The fourth-order valence-electron chi connectivity index (χ4n) is 3.15. The highest BCUT2D eigenvalue weighted by Gasteiger charge is 2.15. The lowest BCUT2D eigenvalue weighted by molar-refractivity contribution is 0.807. The molecule has 3 rings (SSSR count). The third kappa shape index (κ3) is 2.41. The van der Waals surface area contributed by atoms with Gasteiger partial charge in [-0.15, -0.1) is 5.10 Å². The lowest BCUT2D eigenvalue weighted by Gasteiger charge is -2.12. The average molecular weight is 358 g/mol. The smallest absolute Gasteiger partial charge is 0.160 e. The summed E-state index contributed by atoms with van der Waals surface area (Å²) >= 11 is 3.66. The zero-order chi connectivity index (χ0) is 16.0. The van der Waals surface area contributed by atoms with Crippen molar-refractivity contribution in [2.45, 2.75) is 34.6 Å². The predicted octanol–water partition coefficient (Wildman–Crippen LogP) is 4.97. The van der Waals surface area contributed by atoms with E-state index in [0.717, 1.165) is 16.1 Å². The summed E-state index contributed by atoms with van der Waals surface area (Å²) in [5, 5.41) is 4.83. The number of hydrogen-bond donors (Lipinski definition) is 0. The molecule has 0 radical (unpaired) electrons. The van der Waals surface area contributed by atoms with Gasteiger partial charge in [0, 0.05) is 17.5 Å². The number of aryl methyl sites for hydroxylation is 5.